The van der Waals surface area contributed by atoms with Crippen molar-refractivity contribution in [1.29, 1.82) is 0 Å². The van der Waals surface area contributed by atoms with Crippen LogP contribution in [0.1, 0.15) is 11.1 Å². The molecule has 2 rings (SSSR count). The van der Waals surface area contributed by atoms with Crippen molar-refractivity contribution in [3.05, 3.63) is 57.6 Å². The Morgan fingerprint density at radius 3 is 2.26 bits per heavy atom. The van der Waals surface area contributed by atoms with Crippen LogP contribution in [-0.4, -0.2) is 0 Å². The van der Waals surface area contributed by atoms with Gasteiger partial charge in [-0.25, -0.2) is 0 Å². The first kappa shape index (κ1) is 14.2. The van der Waals surface area contributed by atoms with Gasteiger partial charge in [0.05, 0.1) is 15.6 Å². The van der Waals surface area contributed by atoms with E-state index in [0.717, 1.165) is 6.07 Å². The van der Waals surface area contributed by atoms with E-state index < -0.39 is 11.7 Å². The standard InChI is InChI=1S/C14H9Cl2F3/c1-8-7-9(5-6-11(8)14(17,18)19)10-3-2-4-12(15)13(10)16/h2-7H,1H3. The molecule has 0 radical (unpaired) electrons. The maximum Gasteiger partial charge on any atom is 0.416 e. The van der Waals surface area contributed by atoms with E-state index in [4.69, 9.17) is 23.2 Å². The van der Waals surface area contributed by atoms with Crippen LogP contribution < -0.4 is 0 Å². The van der Waals surface area contributed by atoms with Gasteiger partial charge in [-0.2, -0.15) is 13.2 Å². The van der Waals surface area contributed by atoms with Crippen molar-refractivity contribution < 1.29 is 13.2 Å². The van der Waals surface area contributed by atoms with Crippen LogP contribution in [0.15, 0.2) is 36.4 Å². The highest BCUT2D eigenvalue weighted by Gasteiger charge is 2.32. The second-order valence-corrected chi connectivity index (χ2v) is 4.91. The van der Waals surface area contributed by atoms with Crippen molar-refractivity contribution in [2.45, 2.75) is 13.1 Å². The molecule has 0 bridgehead atoms. The van der Waals surface area contributed by atoms with Crippen LogP contribution in [0.25, 0.3) is 11.1 Å². The molecule has 2 aromatic rings. The van der Waals surface area contributed by atoms with E-state index in [1.165, 1.54) is 19.1 Å². The Bertz CT molecular complexity index is 619. The van der Waals surface area contributed by atoms with Crippen LogP contribution in [0.4, 0.5) is 13.2 Å². The van der Waals surface area contributed by atoms with Gasteiger partial charge in [0, 0.05) is 5.56 Å². The summed E-state index contributed by atoms with van der Waals surface area (Å²) in [6.07, 6.45) is -4.35. The van der Waals surface area contributed by atoms with E-state index in [1.54, 1.807) is 18.2 Å². The van der Waals surface area contributed by atoms with Crippen LogP contribution >= 0.6 is 23.2 Å². The summed E-state index contributed by atoms with van der Waals surface area (Å²) in [4.78, 5) is 0. The molecular weight excluding hydrogens is 296 g/mol. The molecule has 0 saturated carbocycles. The second kappa shape index (κ2) is 5.06. The number of alkyl halides is 3. The fraction of sp³-hybridized carbons (Fsp3) is 0.143. The molecule has 0 nitrogen and oxygen atoms in total. The fourth-order valence-electron chi connectivity index (χ4n) is 1.88. The van der Waals surface area contributed by atoms with Gasteiger partial charge >= 0.3 is 6.18 Å². The Morgan fingerprint density at radius 1 is 1.00 bits per heavy atom. The molecule has 0 heterocycles. The lowest BCUT2D eigenvalue weighted by Gasteiger charge is -2.12. The summed E-state index contributed by atoms with van der Waals surface area (Å²) in [7, 11) is 0. The first-order chi connectivity index (χ1) is 8.80. The molecule has 0 aliphatic heterocycles. The van der Waals surface area contributed by atoms with Crippen molar-refractivity contribution in [1.82, 2.24) is 0 Å². The van der Waals surface area contributed by atoms with Gasteiger partial charge in [-0.3, -0.25) is 0 Å². The van der Waals surface area contributed by atoms with Gasteiger partial charge in [-0.15, -0.1) is 0 Å². The smallest absolute Gasteiger partial charge is 0.166 e. The van der Waals surface area contributed by atoms with Crippen LogP contribution in [0.3, 0.4) is 0 Å². The summed E-state index contributed by atoms with van der Waals surface area (Å²) < 4.78 is 38.0. The lowest BCUT2D eigenvalue weighted by atomic mass is 9.99. The van der Waals surface area contributed by atoms with Gasteiger partial charge in [0.25, 0.3) is 0 Å². The maximum atomic E-state index is 12.7. The molecule has 0 amide bonds. The van der Waals surface area contributed by atoms with E-state index in [1.807, 2.05) is 0 Å². The molecule has 0 unspecified atom stereocenters. The summed E-state index contributed by atoms with van der Waals surface area (Å²) in [6.45, 7) is 1.42. The molecule has 5 heteroatoms. The van der Waals surface area contributed by atoms with Gasteiger partial charge in [-0.05, 0) is 30.2 Å². The Hall–Kier alpha value is -1.19. The zero-order valence-electron chi connectivity index (χ0n) is 9.85. The lowest BCUT2D eigenvalue weighted by Crippen LogP contribution is -2.07. The Balaban J connectivity index is 2.54. The van der Waals surface area contributed by atoms with Crippen LogP contribution in [0, 0.1) is 6.92 Å². The van der Waals surface area contributed by atoms with Crippen molar-refractivity contribution in [3.8, 4) is 11.1 Å². The third kappa shape index (κ3) is 2.88. The molecule has 2 aromatic carbocycles. The minimum Gasteiger partial charge on any atom is -0.166 e. The number of rotatable bonds is 1. The number of hydrogen-bond acceptors (Lipinski definition) is 0. The number of aryl methyl sites for hydroxylation is 1. The molecule has 0 atom stereocenters. The monoisotopic (exact) mass is 304 g/mol. The quantitative estimate of drug-likeness (QED) is 0.607. The van der Waals surface area contributed by atoms with E-state index in [0.29, 0.717) is 21.2 Å². The van der Waals surface area contributed by atoms with Crippen molar-refractivity contribution in [3.63, 3.8) is 0 Å². The third-order valence-electron chi connectivity index (χ3n) is 2.79. The summed E-state index contributed by atoms with van der Waals surface area (Å²) >= 11 is 12.0. The number of hydrogen-bond donors (Lipinski definition) is 0. The highest BCUT2D eigenvalue weighted by Crippen LogP contribution is 2.37. The largest absolute Gasteiger partial charge is 0.416 e. The Labute approximate surface area is 118 Å². The fourth-order valence-corrected chi connectivity index (χ4v) is 2.29. The molecule has 0 saturated heterocycles. The molecule has 0 N–H and O–H groups in total. The van der Waals surface area contributed by atoms with Gasteiger partial charge in [0.2, 0.25) is 0 Å². The highest BCUT2D eigenvalue weighted by molar-refractivity contribution is 6.43. The molecular formula is C14H9Cl2F3. The summed E-state index contributed by atoms with van der Waals surface area (Å²) in [5.41, 5.74) is 0.736. The van der Waals surface area contributed by atoms with Gasteiger partial charge < -0.3 is 0 Å². The van der Waals surface area contributed by atoms with E-state index in [9.17, 15) is 13.2 Å². The van der Waals surface area contributed by atoms with Crippen LogP contribution in [-0.2, 0) is 6.18 Å². The van der Waals surface area contributed by atoms with Gasteiger partial charge in [0.15, 0.2) is 0 Å². The van der Waals surface area contributed by atoms with E-state index in [2.05, 4.69) is 0 Å². The van der Waals surface area contributed by atoms with Gasteiger partial charge in [0.1, 0.15) is 0 Å². The molecule has 0 aliphatic carbocycles. The summed E-state index contributed by atoms with van der Waals surface area (Å²) in [5, 5.41) is 0.708. The first-order valence-electron chi connectivity index (χ1n) is 5.43. The highest BCUT2D eigenvalue weighted by atomic mass is 35.5. The topological polar surface area (TPSA) is 0 Å². The maximum absolute atomic E-state index is 12.7. The SMILES string of the molecule is Cc1cc(-c2cccc(Cl)c2Cl)ccc1C(F)(F)F. The zero-order valence-corrected chi connectivity index (χ0v) is 11.4. The van der Waals surface area contributed by atoms with E-state index in [-0.39, 0.29) is 5.56 Å². The minimum absolute atomic E-state index is 0.154. The normalized spacial score (nSPS) is 11.7. The minimum atomic E-state index is -4.35. The molecule has 100 valence electrons. The Morgan fingerprint density at radius 2 is 1.68 bits per heavy atom. The predicted octanol–water partition coefficient (Wildman–Crippen LogP) is 5.99. The predicted molar refractivity (Wildman–Crippen MR) is 71.6 cm³/mol. The average molecular weight is 305 g/mol. The second-order valence-electron chi connectivity index (χ2n) is 4.13. The van der Waals surface area contributed by atoms with Crippen molar-refractivity contribution in [2.24, 2.45) is 0 Å². The van der Waals surface area contributed by atoms with Gasteiger partial charge in [-0.1, -0.05) is 47.5 Å². The zero-order chi connectivity index (χ0) is 14.2. The van der Waals surface area contributed by atoms with Crippen molar-refractivity contribution in [2.75, 3.05) is 0 Å². The summed E-state index contributed by atoms with van der Waals surface area (Å²) in [5.74, 6) is 0. The van der Waals surface area contributed by atoms with Crippen molar-refractivity contribution >= 4 is 23.2 Å². The molecule has 0 fully saturated rings. The van der Waals surface area contributed by atoms with Crippen LogP contribution in [0.2, 0.25) is 10.0 Å². The molecule has 0 aliphatic rings. The van der Waals surface area contributed by atoms with Crippen LogP contribution in [0.5, 0.6) is 0 Å². The number of halogens is 5. The lowest BCUT2D eigenvalue weighted by molar-refractivity contribution is -0.138. The first-order valence-corrected chi connectivity index (χ1v) is 6.18. The number of benzene rings is 2. The average Bonchev–Trinajstić information content (AvgIpc) is 2.31. The molecule has 0 aromatic heterocycles. The molecule has 19 heavy (non-hydrogen) atoms. The van der Waals surface area contributed by atoms with E-state index >= 15 is 0 Å². The Kier molecular flexibility index (Phi) is 3.79. The summed E-state index contributed by atoms with van der Waals surface area (Å²) in [6, 6.07) is 8.97. The third-order valence-corrected chi connectivity index (χ3v) is 3.61. The molecule has 0 spiro atoms.